The first-order valence-electron chi connectivity index (χ1n) is 10.2. The molecule has 31 heavy (non-hydrogen) atoms. The number of carbonyl (C=O) groups is 2. The Balaban J connectivity index is 1.96. The van der Waals surface area contributed by atoms with E-state index in [0.29, 0.717) is 46.9 Å². The first-order valence-corrected chi connectivity index (χ1v) is 10.2. The second kappa shape index (κ2) is 7.67. The molecule has 0 saturated heterocycles. The molecule has 0 saturated carbocycles. The first kappa shape index (κ1) is 21.4. The van der Waals surface area contributed by atoms with Crippen molar-refractivity contribution in [3.8, 4) is 11.5 Å². The summed E-state index contributed by atoms with van der Waals surface area (Å²) in [4.78, 5) is 26.3. The molecule has 9 nitrogen and oxygen atoms in total. The first-order chi connectivity index (χ1) is 14.6. The van der Waals surface area contributed by atoms with E-state index < -0.39 is 17.1 Å². The van der Waals surface area contributed by atoms with E-state index in [1.807, 2.05) is 13.8 Å². The van der Waals surface area contributed by atoms with Crippen molar-refractivity contribution < 1.29 is 34.2 Å². The summed E-state index contributed by atoms with van der Waals surface area (Å²) in [6.07, 6.45) is 0.900. The van der Waals surface area contributed by atoms with E-state index in [2.05, 4.69) is 5.32 Å². The number of nitrogens with one attached hydrogen (secondary N) is 2. The minimum atomic E-state index is -1.18. The van der Waals surface area contributed by atoms with Gasteiger partial charge in [-0.15, -0.1) is 0 Å². The predicted octanol–water partition coefficient (Wildman–Crippen LogP) is 1.99. The number of fused-ring (bicyclic) bond motifs is 1. The molecule has 0 bridgehead atoms. The molecule has 1 aromatic rings. The Labute approximate surface area is 179 Å². The van der Waals surface area contributed by atoms with Crippen molar-refractivity contribution >= 4 is 17.4 Å². The molecule has 3 N–H and O–H groups in total. The number of quaternary nitrogens is 1. The van der Waals surface area contributed by atoms with Crippen LogP contribution in [0, 0.1) is 10.6 Å². The lowest BCUT2D eigenvalue weighted by atomic mass is 9.68. The molecule has 0 radical (unpaired) electrons. The van der Waals surface area contributed by atoms with Gasteiger partial charge < -0.3 is 24.7 Å². The van der Waals surface area contributed by atoms with Gasteiger partial charge >= 0.3 is 5.97 Å². The van der Waals surface area contributed by atoms with Gasteiger partial charge in [-0.25, -0.2) is 10.0 Å². The minimum absolute atomic E-state index is 0.0231. The van der Waals surface area contributed by atoms with Gasteiger partial charge in [0.1, 0.15) is 0 Å². The van der Waals surface area contributed by atoms with Crippen LogP contribution in [0.2, 0.25) is 0 Å². The van der Waals surface area contributed by atoms with Crippen molar-refractivity contribution in [2.45, 2.75) is 46.5 Å². The van der Waals surface area contributed by atoms with Gasteiger partial charge in [-0.3, -0.25) is 4.79 Å². The van der Waals surface area contributed by atoms with Crippen LogP contribution in [0.15, 0.2) is 34.7 Å². The lowest BCUT2D eigenvalue weighted by Crippen LogP contribution is -2.99. The molecule has 166 valence electrons. The standard InChI is InChI=1S/C22H26N2O7/c1-5-29-21(26)18-11(2)23-13-8-22(3,4)9-15(25)20(13)19(18)12-6-16-17(31-10-30-16)7-14(12)24(27)28/h6-7,19,23-24,27H,5,8-10H2,1-4H3. The Morgan fingerprint density at radius 1 is 1.32 bits per heavy atom. The zero-order valence-electron chi connectivity index (χ0n) is 18.0. The van der Waals surface area contributed by atoms with Gasteiger partial charge in [0.05, 0.1) is 18.1 Å². The van der Waals surface area contributed by atoms with Crippen LogP contribution in [0.3, 0.4) is 0 Å². The number of esters is 1. The number of allylic oxidation sites excluding steroid dienone is 3. The van der Waals surface area contributed by atoms with Gasteiger partial charge in [0, 0.05) is 35.0 Å². The summed E-state index contributed by atoms with van der Waals surface area (Å²) in [7, 11) is 0. The Hall–Kier alpha value is -2.88. The molecule has 0 spiro atoms. The van der Waals surface area contributed by atoms with Gasteiger partial charge in [0.15, 0.2) is 23.0 Å². The van der Waals surface area contributed by atoms with Crippen molar-refractivity contribution in [2.75, 3.05) is 13.4 Å². The van der Waals surface area contributed by atoms with E-state index >= 15 is 0 Å². The Morgan fingerprint density at radius 2 is 2.00 bits per heavy atom. The molecule has 2 unspecified atom stereocenters. The third-order valence-electron chi connectivity index (χ3n) is 5.82. The van der Waals surface area contributed by atoms with E-state index in [-0.39, 0.29) is 35.9 Å². The molecule has 3 aliphatic rings. The number of hydrogen-bond donors (Lipinski definition) is 3. The summed E-state index contributed by atoms with van der Waals surface area (Å²) in [6.45, 7) is 7.58. The highest BCUT2D eigenvalue weighted by atomic mass is 16.8. The van der Waals surface area contributed by atoms with E-state index in [0.717, 1.165) is 0 Å². The second-order valence-electron chi connectivity index (χ2n) is 8.75. The fourth-order valence-corrected chi connectivity index (χ4v) is 4.61. The normalized spacial score (nSPS) is 22.8. The average molecular weight is 430 g/mol. The molecule has 9 heteroatoms. The molecule has 1 aliphatic carbocycles. The quantitative estimate of drug-likeness (QED) is 0.490. The summed E-state index contributed by atoms with van der Waals surface area (Å²) in [5.41, 5.74) is 1.91. The molecule has 0 amide bonds. The van der Waals surface area contributed by atoms with Crippen LogP contribution in [-0.2, 0) is 14.3 Å². The number of hydrogen-bond acceptors (Lipinski definition) is 8. The number of ketones is 1. The number of Topliss-reactive ketones (excluding diaryl/α,β-unsaturated/α-hetero) is 1. The van der Waals surface area contributed by atoms with E-state index in [9.17, 15) is 20.0 Å². The number of carbonyl (C=O) groups excluding carboxylic acids is 2. The topological polar surface area (TPSA) is 122 Å². The van der Waals surface area contributed by atoms with Gasteiger partial charge in [-0.05, 0) is 31.7 Å². The van der Waals surface area contributed by atoms with Gasteiger partial charge in [-0.1, -0.05) is 13.8 Å². The van der Waals surface area contributed by atoms with Crippen LogP contribution >= 0.6 is 0 Å². The number of ether oxygens (including phenoxy) is 3. The SMILES string of the molecule is CCOC(=O)C1=C(C)NC2=C(C(=O)CC(C)(C)C2)C1c1cc2c(cc1[NH+]([O-])O)OCO2. The van der Waals surface area contributed by atoms with Crippen LogP contribution < -0.4 is 20.0 Å². The van der Waals surface area contributed by atoms with E-state index in [1.165, 1.54) is 6.07 Å². The van der Waals surface area contributed by atoms with Gasteiger partial charge in [0.25, 0.3) is 0 Å². The van der Waals surface area contributed by atoms with Crippen LogP contribution in [0.4, 0.5) is 5.69 Å². The Morgan fingerprint density at radius 3 is 2.65 bits per heavy atom. The highest BCUT2D eigenvalue weighted by Gasteiger charge is 2.45. The molecular formula is C22H26N2O7. The van der Waals surface area contributed by atoms with Gasteiger partial charge in [-0.2, -0.15) is 5.23 Å². The summed E-state index contributed by atoms with van der Waals surface area (Å²) in [5, 5.41) is 24.1. The van der Waals surface area contributed by atoms with E-state index in [4.69, 9.17) is 14.2 Å². The number of rotatable bonds is 4. The Kier molecular flexibility index (Phi) is 5.28. The maximum absolute atomic E-state index is 13.3. The third-order valence-corrected chi connectivity index (χ3v) is 5.82. The lowest BCUT2D eigenvalue weighted by molar-refractivity contribution is -0.991. The maximum Gasteiger partial charge on any atom is 0.336 e. The molecular weight excluding hydrogens is 404 g/mol. The molecule has 0 aromatic heterocycles. The number of dihydropyridines is 1. The highest BCUT2D eigenvalue weighted by Crippen LogP contribution is 2.49. The van der Waals surface area contributed by atoms with Crippen molar-refractivity contribution in [3.05, 3.63) is 45.4 Å². The van der Waals surface area contributed by atoms with Crippen molar-refractivity contribution in [1.82, 2.24) is 5.32 Å². The molecule has 4 rings (SSSR count). The molecule has 2 atom stereocenters. The van der Waals surface area contributed by atoms with Crippen LogP contribution in [-0.4, -0.2) is 30.4 Å². The monoisotopic (exact) mass is 430 g/mol. The van der Waals surface area contributed by atoms with Crippen molar-refractivity contribution in [3.63, 3.8) is 0 Å². The second-order valence-corrected chi connectivity index (χ2v) is 8.75. The summed E-state index contributed by atoms with van der Waals surface area (Å²) >= 11 is 0. The van der Waals surface area contributed by atoms with Crippen molar-refractivity contribution in [2.24, 2.45) is 5.41 Å². The van der Waals surface area contributed by atoms with Crippen molar-refractivity contribution in [1.29, 1.82) is 0 Å². The highest BCUT2D eigenvalue weighted by molar-refractivity contribution is 6.04. The predicted molar refractivity (Wildman–Crippen MR) is 109 cm³/mol. The smallest absolute Gasteiger partial charge is 0.336 e. The summed E-state index contributed by atoms with van der Waals surface area (Å²) in [6, 6.07) is 2.95. The van der Waals surface area contributed by atoms with Crippen LogP contribution in [0.25, 0.3) is 0 Å². The minimum Gasteiger partial charge on any atom is -0.595 e. The lowest BCUT2D eigenvalue weighted by Gasteiger charge is -2.39. The molecule has 0 fully saturated rings. The van der Waals surface area contributed by atoms with Crippen LogP contribution in [0.5, 0.6) is 11.5 Å². The molecule has 1 aromatic carbocycles. The average Bonchev–Trinajstić information content (AvgIpc) is 3.12. The van der Waals surface area contributed by atoms with Crippen LogP contribution in [0.1, 0.15) is 52.0 Å². The number of benzene rings is 1. The Bertz CT molecular complexity index is 1020. The maximum atomic E-state index is 13.3. The molecule has 2 aliphatic heterocycles. The summed E-state index contributed by atoms with van der Waals surface area (Å²) in [5.74, 6) is -0.883. The van der Waals surface area contributed by atoms with Gasteiger partial charge in [0.2, 0.25) is 6.79 Å². The zero-order valence-corrected chi connectivity index (χ0v) is 18.0. The fourth-order valence-electron chi connectivity index (χ4n) is 4.61. The zero-order chi connectivity index (χ0) is 22.5. The summed E-state index contributed by atoms with van der Waals surface area (Å²) < 4.78 is 16.1. The third kappa shape index (κ3) is 3.69. The largest absolute Gasteiger partial charge is 0.595 e. The van der Waals surface area contributed by atoms with E-state index in [1.54, 1.807) is 19.9 Å². The fraction of sp³-hybridized carbons (Fsp3) is 0.455. The molecule has 2 heterocycles.